The number of aromatic amines is 2. The molecule has 2 aliphatic heterocycles. The molecule has 3 N–H and O–H groups in total. The number of hydrogen-bond donors (Lipinski definition) is 3. The normalized spacial score (nSPS) is 22.0. The molecule has 6 atom stereocenters. The van der Waals surface area contributed by atoms with Crippen LogP contribution in [0, 0.1) is 38.5 Å². The van der Waals surface area contributed by atoms with Crippen molar-refractivity contribution in [3.05, 3.63) is 78.0 Å². The minimum atomic E-state index is -0.461. The Balaban J connectivity index is 0.000000734. The van der Waals surface area contributed by atoms with Gasteiger partial charge < -0.3 is 32.8 Å². The summed E-state index contributed by atoms with van der Waals surface area (Å²) >= 11 is 4.26. The first-order chi connectivity index (χ1) is 23.4. The number of H-pyrrole nitrogens is 2. The van der Waals surface area contributed by atoms with Crippen LogP contribution in [0.1, 0.15) is 63.1 Å². The average Bonchev–Trinajstić information content (AvgIpc) is 3.62. The van der Waals surface area contributed by atoms with Gasteiger partial charge in [0.05, 0.1) is 32.2 Å². The molecule has 0 spiro atoms. The molecule has 16 nitrogen and oxygen atoms in total. The van der Waals surface area contributed by atoms with Crippen molar-refractivity contribution >= 4 is 18.3 Å². The van der Waals surface area contributed by atoms with Gasteiger partial charge >= 0.3 is 11.4 Å². The average molecular weight is 889 g/mol. The van der Waals surface area contributed by atoms with E-state index in [4.69, 9.17) is 23.7 Å². The molecule has 1 amide bonds. The van der Waals surface area contributed by atoms with Crippen molar-refractivity contribution in [1.29, 1.82) is 0 Å². The number of aromatic nitrogens is 4. The van der Waals surface area contributed by atoms with Gasteiger partial charge in [0.1, 0.15) is 0 Å². The topological polar surface area (TPSA) is 197 Å². The first-order valence-corrected chi connectivity index (χ1v) is 16.4. The maximum absolute atomic E-state index is 11.7. The van der Waals surface area contributed by atoms with Crippen molar-refractivity contribution in [3.8, 4) is 0 Å². The van der Waals surface area contributed by atoms with Crippen LogP contribution in [-0.2, 0) is 106 Å². The molecule has 4 rings (SSSR count). The molecule has 2 saturated heterocycles. The van der Waals surface area contributed by atoms with Crippen LogP contribution in [0.2, 0.25) is 0 Å². The van der Waals surface area contributed by atoms with E-state index in [1.165, 1.54) is 21.5 Å². The predicted molar refractivity (Wildman–Crippen MR) is 184 cm³/mol. The molecular formula is C32H50N6O10SY2-2. The summed E-state index contributed by atoms with van der Waals surface area (Å²) in [6.45, 7) is 9.78. The number of rotatable bonds is 14. The predicted octanol–water partition coefficient (Wildman–Crippen LogP) is 1.45. The number of unbranched alkanes of at least 4 members (excludes halogenated alkanes) is 2. The third-order valence-electron chi connectivity index (χ3n) is 7.83. The first kappa shape index (κ1) is 50.0. The van der Waals surface area contributed by atoms with Crippen LogP contribution >= 0.6 is 0 Å². The van der Waals surface area contributed by atoms with Gasteiger partial charge in [-0.2, -0.15) is 0 Å². The number of amides is 1. The van der Waals surface area contributed by atoms with E-state index < -0.39 is 23.8 Å². The summed E-state index contributed by atoms with van der Waals surface area (Å²) in [7, 11) is 4.87. The van der Waals surface area contributed by atoms with Crippen LogP contribution in [0.4, 0.5) is 0 Å². The standard InChI is InChI=1S/2C12H17N2O4.C8H16N2O2S.2Y/c2*1-7-4-10(18-9(7)6-17-3)14-5-8(2)11(15)13-12(14)16;1-12-7-9-6-4-2-3-5-8(11)10-13;;/h2*4-5,7,9-10H,6H2,1-3H3,(H,13,15,16);9H,2-7H2,1H3;;/q2*-1;;;. The Bertz CT molecular complexity index is 1470. The van der Waals surface area contributed by atoms with Gasteiger partial charge in [-0.25, -0.2) is 9.59 Å². The van der Waals surface area contributed by atoms with Gasteiger partial charge in [0, 0.05) is 142 Å². The summed E-state index contributed by atoms with van der Waals surface area (Å²) in [5.74, 6) is 0.197. The molecule has 2 aromatic rings. The van der Waals surface area contributed by atoms with Gasteiger partial charge in [-0.1, -0.05) is 20.3 Å². The molecule has 0 saturated carbocycles. The second-order valence-corrected chi connectivity index (χ2v) is 12.0. The van der Waals surface area contributed by atoms with Gasteiger partial charge in [0.25, 0.3) is 17.0 Å². The van der Waals surface area contributed by atoms with Crippen molar-refractivity contribution in [3.63, 3.8) is 0 Å². The molecule has 2 radical (unpaired) electrons. The van der Waals surface area contributed by atoms with Crippen LogP contribution in [0.25, 0.3) is 0 Å². The molecule has 282 valence electrons. The molecule has 2 aromatic heterocycles. The van der Waals surface area contributed by atoms with E-state index in [-0.39, 0.29) is 106 Å². The molecule has 2 fully saturated rings. The first-order valence-electron chi connectivity index (χ1n) is 16.0. The fraction of sp³-hybridized carbons (Fsp3) is 0.656. The summed E-state index contributed by atoms with van der Waals surface area (Å²) in [6, 6.07) is 0. The minimum Gasteiger partial charge on any atom is -0.386 e. The SMILES string of the molecule is COCC1OC(n2cc(C)c(=O)[nH]c2=O)[CH-]C1C.COCC1OC(n2cc(C)c(=O)[nH]c2=O)[CH-]C1C.COCNCCCCCC(=O)N=S.[Y].[Y]. The molecule has 0 aromatic carbocycles. The Kier molecular flexibility index (Phi) is 26.2. The fourth-order valence-corrected chi connectivity index (χ4v) is 5.06. The number of hydrogen-bond acceptors (Lipinski definition) is 12. The van der Waals surface area contributed by atoms with Gasteiger partial charge in [0.2, 0.25) is 0 Å². The van der Waals surface area contributed by atoms with E-state index in [1.807, 2.05) is 26.7 Å². The quantitative estimate of drug-likeness (QED) is 0.141. The number of nitrogens with zero attached hydrogens (tertiary/aromatic N) is 3. The van der Waals surface area contributed by atoms with Crippen LogP contribution in [0.15, 0.2) is 35.9 Å². The summed E-state index contributed by atoms with van der Waals surface area (Å²) in [6.07, 6.45) is 9.27. The smallest absolute Gasteiger partial charge is 0.328 e. The fourth-order valence-electron chi connectivity index (χ4n) is 4.96. The summed E-state index contributed by atoms with van der Waals surface area (Å²) < 4.78 is 32.3. The third kappa shape index (κ3) is 16.9. The van der Waals surface area contributed by atoms with Gasteiger partial charge in [0.15, 0.2) is 0 Å². The van der Waals surface area contributed by atoms with E-state index >= 15 is 0 Å². The van der Waals surface area contributed by atoms with Crippen molar-refractivity contribution in [2.24, 2.45) is 16.2 Å². The van der Waals surface area contributed by atoms with Gasteiger partial charge in [-0.15, -0.1) is 16.2 Å². The van der Waals surface area contributed by atoms with E-state index in [9.17, 15) is 24.0 Å². The van der Waals surface area contributed by atoms with Crippen LogP contribution in [0.3, 0.4) is 0 Å². The zero-order valence-corrected chi connectivity index (χ0v) is 36.9. The number of aryl methyl sites for hydroxylation is 2. The molecule has 51 heavy (non-hydrogen) atoms. The molecule has 19 heteroatoms. The zero-order valence-electron chi connectivity index (χ0n) is 30.4. The molecular weight excluding hydrogens is 838 g/mol. The Morgan fingerprint density at radius 1 is 0.824 bits per heavy atom. The summed E-state index contributed by atoms with van der Waals surface area (Å²) in [5, 5.41) is 3.09. The minimum absolute atomic E-state index is 0. The Hall–Kier alpha value is -0.982. The molecule has 2 aliphatic rings. The maximum atomic E-state index is 11.7. The van der Waals surface area contributed by atoms with Gasteiger partial charge in [-0.3, -0.25) is 42.5 Å². The van der Waals surface area contributed by atoms with Crippen molar-refractivity contribution in [2.45, 2.75) is 78.0 Å². The molecule has 0 bridgehead atoms. The molecule has 0 aliphatic carbocycles. The van der Waals surface area contributed by atoms with E-state index in [2.05, 4.69) is 32.1 Å². The number of nitrogens with one attached hydrogen (secondary N) is 3. The monoisotopic (exact) mass is 888 g/mol. The second-order valence-electron chi connectivity index (χ2n) is 11.8. The maximum Gasteiger partial charge on any atom is 0.328 e. The van der Waals surface area contributed by atoms with Gasteiger partial charge in [-0.05, 0) is 33.2 Å². The molecule has 6 unspecified atom stereocenters. The zero-order chi connectivity index (χ0) is 36.5. The van der Waals surface area contributed by atoms with E-state index in [0.29, 0.717) is 37.5 Å². The Labute approximate surface area is 353 Å². The van der Waals surface area contributed by atoms with Crippen molar-refractivity contribution in [2.75, 3.05) is 47.8 Å². The third-order valence-corrected chi connectivity index (χ3v) is 8.04. The van der Waals surface area contributed by atoms with Crippen molar-refractivity contribution in [1.82, 2.24) is 24.4 Å². The second kappa shape index (κ2) is 26.7. The number of carbonyl (C=O) groups excluding carboxylic acids is 1. The Morgan fingerprint density at radius 3 is 1.67 bits per heavy atom. The largest absolute Gasteiger partial charge is 0.386 e. The number of carbonyl (C=O) groups is 1. The van der Waals surface area contributed by atoms with Crippen LogP contribution < -0.4 is 27.8 Å². The number of ether oxygens (including phenoxy) is 5. The van der Waals surface area contributed by atoms with Crippen LogP contribution in [-0.4, -0.2) is 85.0 Å². The summed E-state index contributed by atoms with van der Waals surface area (Å²) in [5.41, 5.74) is -0.690. The summed E-state index contributed by atoms with van der Waals surface area (Å²) in [4.78, 5) is 61.2. The van der Waals surface area contributed by atoms with E-state index in [0.717, 1.165) is 25.8 Å². The molecule has 4 heterocycles. The van der Waals surface area contributed by atoms with Crippen LogP contribution in [0.5, 0.6) is 0 Å². The van der Waals surface area contributed by atoms with Crippen molar-refractivity contribution < 1.29 is 93.9 Å². The Morgan fingerprint density at radius 2 is 1.27 bits per heavy atom. The van der Waals surface area contributed by atoms with E-state index in [1.54, 1.807) is 35.2 Å². The number of methoxy groups -OCH3 is 3.